The van der Waals surface area contributed by atoms with E-state index >= 15 is 0 Å². The van der Waals surface area contributed by atoms with E-state index in [1.165, 1.54) is 71.4 Å². The lowest BCUT2D eigenvalue weighted by molar-refractivity contribution is 1.18. The number of anilines is 3. The standard InChI is InChI=1S/C73H48N4S/c1-5-17-56(18-6-1)75(57-19-7-2-8-20-57)60-41-37-53(38-42-60)73-74-71-61(51-33-29-49(30-34-51)54-39-45-69-65(47-54)63-25-13-15-27-67(63)76(69)58-21-9-3-10-22-58)43-44-62(72(71)78-73)52-35-31-50(32-36-52)55-40-46-70-66(48-55)64-26-14-16-28-68(64)77(70)59-23-11-4-12-24-59/h1-48H. The normalized spacial score (nSPS) is 11.6. The second-order valence-corrected chi connectivity index (χ2v) is 20.9. The second kappa shape index (κ2) is 18.9. The Morgan fingerprint density at radius 1 is 0.282 bits per heavy atom. The van der Waals surface area contributed by atoms with Gasteiger partial charge in [-0.2, -0.15) is 0 Å². The molecule has 15 aromatic rings. The average molecular weight is 1010 g/mol. The molecule has 5 heteroatoms. The first-order valence-corrected chi connectivity index (χ1v) is 27.3. The third kappa shape index (κ3) is 7.79. The van der Waals surface area contributed by atoms with Gasteiger partial charge in [-0.05, 0) is 143 Å². The van der Waals surface area contributed by atoms with E-state index in [-0.39, 0.29) is 0 Å². The molecule has 366 valence electrons. The molecule has 15 rings (SSSR count). The Morgan fingerprint density at radius 3 is 1.15 bits per heavy atom. The molecule has 12 aromatic carbocycles. The maximum Gasteiger partial charge on any atom is 0.124 e. The SMILES string of the molecule is c1ccc(N(c2ccccc2)c2ccc(-c3nc4c(-c5ccc(-c6ccc7c(c6)c6ccccc6n7-c6ccccc6)cc5)ccc(-c5ccc(-c6ccc7c(c6)c6ccccc6n7-c6ccccc6)cc5)c4s3)cc2)cc1. The maximum atomic E-state index is 5.55. The topological polar surface area (TPSA) is 26.0 Å². The van der Waals surface area contributed by atoms with Crippen molar-refractivity contribution in [1.82, 2.24) is 14.1 Å². The van der Waals surface area contributed by atoms with Gasteiger partial charge in [-0.15, -0.1) is 11.3 Å². The number of nitrogens with zero attached hydrogens (tertiary/aromatic N) is 4. The molecule has 3 heterocycles. The van der Waals surface area contributed by atoms with Gasteiger partial charge in [-0.25, -0.2) is 4.98 Å². The Balaban J connectivity index is 0.812. The van der Waals surface area contributed by atoms with E-state index in [9.17, 15) is 0 Å². The van der Waals surface area contributed by atoms with Gasteiger partial charge in [0.25, 0.3) is 0 Å². The summed E-state index contributed by atoms with van der Waals surface area (Å²) in [5.74, 6) is 0. The Bertz CT molecular complexity index is 4400. The molecule has 0 amide bonds. The van der Waals surface area contributed by atoms with Gasteiger partial charge in [0, 0.05) is 66.7 Å². The summed E-state index contributed by atoms with van der Waals surface area (Å²) in [6, 6.07) is 105. The van der Waals surface area contributed by atoms with Gasteiger partial charge in [0.2, 0.25) is 0 Å². The summed E-state index contributed by atoms with van der Waals surface area (Å²) in [5.41, 5.74) is 21.8. The van der Waals surface area contributed by atoms with Crippen LogP contribution in [0.2, 0.25) is 0 Å². The van der Waals surface area contributed by atoms with E-state index in [1.54, 1.807) is 11.3 Å². The van der Waals surface area contributed by atoms with E-state index < -0.39 is 0 Å². The van der Waals surface area contributed by atoms with E-state index in [1.807, 2.05) is 0 Å². The third-order valence-electron chi connectivity index (χ3n) is 15.4. The Kier molecular flexibility index (Phi) is 11.0. The molecule has 3 aromatic heterocycles. The van der Waals surface area contributed by atoms with Crippen LogP contribution in [-0.2, 0) is 0 Å². The highest BCUT2D eigenvalue weighted by Gasteiger charge is 2.20. The minimum Gasteiger partial charge on any atom is -0.311 e. The number of thiazole rings is 1. The fraction of sp³-hybridized carbons (Fsp3) is 0. The molecule has 0 N–H and O–H groups in total. The molecule has 0 unspecified atom stereocenters. The number of aromatic nitrogens is 3. The van der Waals surface area contributed by atoms with E-state index in [0.717, 1.165) is 65.9 Å². The predicted molar refractivity (Wildman–Crippen MR) is 330 cm³/mol. The molecule has 0 aliphatic heterocycles. The van der Waals surface area contributed by atoms with Gasteiger partial charge in [-0.1, -0.05) is 182 Å². The number of para-hydroxylation sites is 6. The molecule has 0 radical (unpaired) electrons. The zero-order valence-corrected chi connectivity index (χ0v) is 43.2. The van der Waals surface area contributed by atoms with E-state index in [2.05, 4.69) is 305 Å². The van der Waals surface area contributed by atoms with Gasteiger partial charge in [-0.3, -0.25) is 0 Å². The first-order chi connectivity index (χ1) is 38.7. The Morgan fingerprint density at radius 2 is 0.654 bits per heavy atom. The van der Waals surface area contributed by atoms with Crippen LogP contribution >= 0.6 is 11.3 Å². The van der Waals surface area contributed by atoms with Crippen LogP contribution in [0.1, 0.15) is 0 Å². The van der Waals surface area contributed by atoms with Crippen LogP contribution in [0, 0.1) is 0 Å². The molecule has 0 aliphatic carbocycles. The summed E-state index contributed by atoms with van der Waals surface area (Å²) in [5, 5.41) is 5.96. The number of rotatable bonds is 10. The average Bonchev–Trinajstić information content (AvgIpc) is 4.29. The van der Waals surface area contributed by atoms with E-state index in [0.29, 0.717) is 0 Å². The van der Waals surface area contributed by atoms with Gasteiger partial charge in [0.15, 0.2) is 0 Å². The van der Waals surface area contributed by atoms with Crippen LogP contribution in [-0.4, -0.2) is 14.1 Å². The summed E-state index contributed by atoms with van der Waals surface area (Å²) in [7, 11) is 0. The lowest BCUT2D eigenvalue weighted by Crippen LogP contribution is -2.09. The summed E-state index contributed by atoms with van der Waals surface area (Å²) in [6.45, 7) is 0. The highest BCUT2D eigenvalue weighted by molar-refractivity contribution is 7.22. The molecule has 0 saturated heterocycles. The van der Waals surface area contributed by atoms with Crippen molar-refractivity contribution in [3.8, 4) is 66.5 Å². The smallest absolute Gasteiger partial charge is 0.124 e. The van der Waals surface area contributed by atoms with Gasteiger partial charge >= 0.3 is 0 Å². The quantitative estimate of drug-likeness (QED) is 0.136. The first kappa shape index (κ1) is 45.3. The number of benzene rings is 12. The van der Waals surface area contributed by atoms with Gasteiger partial charge in [0.05, 0.1) is 32.3 Å². The molecule has 0 atom stereocenters. The summed E-state index contributed by atoms with van der Waals surface area (Å²) in [4.78, 5) is 7.85. The predicted octanol–water partition coefficient (Wildman–Crippen LogP) is 20.3. The monoisotopic (exact) mass is 1010 g/mol. The summed E-state index contributed by atoms with van der Waals surface area (Å²) in [6.07, 6.45) is 0. The largest absolute Gasteiger partial charge is 0.311 e. The molecular weight excluding hydrogens is 965 g/mol. The lowest BCUT2D eigenvalue weighted by Gasteiger charge is -2.25. The molecule has 0 saturated carbocycles. The minimum absolute atomic E-state index is 0.982. The van der Waals surface area contributed by atoms with E-state index in [4.69, 9.17) is 4.98 Å². The van der Waals surface area contributed by atoms with Crippen molar-refractivity contribution in [2.45, 2.75) is 0 Å². The number of hydrogen-bond acceptors (Lipinski definition) is 3. The molecule has 4 nitrogen and oxygen atoms in total. The second-order valence-electron chi connectivity index (χ2n) is 19.9. The minimum atomic E-state index is 0.982. The zero-order valence-electron chi connectivity index (χ0n) is 42.4. The Hall–Kier alpha value is -10.1. The highest BCUT2D eigenvalue weighted by atomic mass is 32.1. The lowest BCUT2D eigenvalue weighted by atomic mass is 9.95. The number of hydrogen-bond donors (Lipinski definition) is 0. The summed E-state index contributed by atoms with van der Waals surface area (Å²) < 4.78 is 5.90. The van der Waals surface area contributed by atoms with Crippen LogP contribution in [0.4, 0.5) is 17.1 Å². The van der Waals surface area contributed by atoms with Gasteiger partial charge in [0.1, 0.15) is 5.01 Å². The van der Waals surface area contributed by atoms with Crippen LogP contribution in [0.15, 0.2) is 291 Å². The van der Waals surface area contributed by atoms with Crippen molar-refractivity contribution < 1.29 is 0 Å². The van der Waals surface area contributed by atoms with Crippen molar-refractivity contribution >= 4 is 82.2 Å². The van der Waals surface area contributed by atoms with Crippen LogP contribution in [0.5, 0.6) is 0 Å². The highest BCUT2D eigenvalue weighted by Crippen LogP contribution is 2.44. The zero-order chi connectivity index (χ0) is 51.5. The molecule has 78 heavy (non-hydrogen) atoms. The molecule has 0 fully saturated rings. The maximum absolute atomic E-state index is 5.55. The fourth-order valence-electron chi connectivity index (χ4n) is 11.6. The van der Waals surface area contributed by atoms with Gasteiger partial charge < -0.3 is 14.0 Å². The number of fused-ring (bicyclic) bond motifs is 7. The summed E-state index contributed by atoms with van der Waals surface area (Å²) >= 11 is 1.76. The van der Waals surface area contributed by atoms with Crippen molar-refractivity contribution in [2.75, 3.05) is 4.90 Å². The Labute approximate surface area is 456 Å². The van der Waals surface area contributed by atoms with Crippen LogP contribution < -0.4 is 4.90 Å². The molecular formula is C73H48N4S. The van der Waals surface area contributed by atoms with Crippen LogP contribution in [0.3, 0.4) is 0 Å². The first-order valence-electron chi connectivity index (χ1n) is 26.5. The fourth-order valence-corrected chi connectivity index (χ4v) is 12.8. The molecule has 0 bridgehead atoms. The molecule has 0 spiro atoms. The van der Waals surface area contributed by atoms with Crippen molar-refractivity contribution in [2.24, 2.45) is 0 Å². The molecule has 0 aliphatic rings. The van der Waals surface area contributed by atoms with Crippen molar-refractivity contribution in [3.05, 3.63) is 291 Å². The van der Waals surface area contributed by atoms with Crippen LogP contribution in [0.25, 0.3) is 120 Å². The van der Waals surface area contributed by atoms with Crippen molar-refractivity contribution in [3.63, 3.8) is 0 Å². The van der Waals surface area contributed by atoms with Crippen molar-refractivity contribution in [1.29, 1.82) is 0 Å². The third-order valence-corrected chi connectivity index (χ3v) is 16.5.